The van der Waals surface area contributed by atoms with Gasteiger partial charge in [0, 0.05) is 29.0 Å². The molecule has 1 amide bonds. The van der Waals surface area contributed by atoms with Crippen LogP contribution in [0.25, 0.3) is 11.0 Å². The van der Waals surface area contributed by atoms with Crippen LogP contribution in [0.5, 0.6) is 5.75 Å². The van der Waals surface area contributed by atoms with Crippen LogP contribution in [0.1, 0.15) is 46.7 Å². The molecule has 5 rings (SSSR count). The summed E-state index contributed by atoms with van der Waals surface area (Å²) < 4.78 is 7.48. The SMILES string of the molecule is CCCOc1ccc(C2c3c(nn(C)c3C)C(=O)N2c2ccc3nc[nH]c3c2)c(Cl)c1. The maximum Gasteiger partial charge on any atom is 0.280 e. The smallest absolute Gasteiger partial charge is 0.280 e. The lowest BCUT2D eigenvalue weighted by molar-refractivity contribution is 0.0988. The van der Waals surface area contributed by atoms with Crippen LogP contribution in [0.4, 0.5) is 5.69 Å². The molecule has 0 radical (unpaired) electrons. The fourth-order valence-electron chi connectivity index (χ4n) is 4.14. The van der Waals surface area contributed by atoms with Crippen molar-refractivity contribution < 1.29 is 9.53 Å². The topological polar surface area (TPSA) is 76.0 Å². The number of halogens is 1. The molecule has 1 N–H and O–H groups in total. The average Bonchev–Trinajstić information content (AvgIpc) is 3.42. The molecule has 0 spiro atoms. The lowest BCUT2D eigenvalue weighted by atomic mass is 9.98. The second kappa shape index (κ2) is 7.42. The predicted molar refractivity (Wildman–Crippen MR) is 120 cm³/mol. The van der Waals surface area contributed by atoms with Gasteiger partial charge >= 0.3 is 0 Å². The Kier molecular flexibility index (Phi) is 4.70. The van der Waals surface area contributed by atoms with Crippen molar-refractivity contribution in [2.75, 3.05) is 11.5 Å². The van der Waals surface area contributed by atoms with E-state index in [9.17, 15) is 4.79 Å². The van der Waals surface area contributed by atoms with E-state index in [1.165, 1.54) is 0 Å². The van der Waals surface area contributed by atoms with Crippen molar-refractivity contribution in [2.45, 2.75) is 26.3 Å². The molecule has 1 aliphatic heterocycles. The number of nitrogens with one attached hydrogen (secondary N) is 1. The van der Waals surface area contributed by atoms with Crippen molar-refractivity contribution in [2.24, 2.45) is 7.05 Å². The van der Waals surface area contributed by atoms with Gasteiger partial charge < -0.3 is 9.72 Å². The zero-order valence-corrected chi connectivity index (χ0v) is 18.3. The Labute approximate surface area is 184 Å². The average molecular weight is 436 g/mol. The number of aryl methyl sites for hydroxylation is 1. The van der Waals surface area contributed by atoms with Gasteiger partial charge in [0.15, 0.2) is 5.69 Å². The van der Waals surface area contributed by atoms with Crippen LogP contribution in [0, 0.1) is 6.92 Å². The molecule has 2 aromatic carbocycles. The molecule has 0 aliphatic carbocycles. The van der Waals surface area contributed by atoms with Gasteiger partial charge in [-0.2, -0.15) is 5.10 Å². The van der Waals surface area contributed by atoms with Crippen molar-refractivity contribution in [3.05, 3.63) is 70.3 Å². The first-order valence-corrected chi connectivity index (χ1v) is 10.6. The second-order valence-corrected chi connectivity index (χ2v) is 8.09. The third-order valence-corrected chi connectivity index (χ3v) is 6.08. The first-order chi connectivity index (χ1) is 15.0. The first kappa shape index (κ1) is 19.6. The van der Waals surface area contributed by atoms with Gasteiger partial charge in [-0.3, -0.25) is 14.4 Å². The summed E-state index contributed by atoms with van der Waals surface area (Å²) >= 11 is 6.73. The van der Waals surface area contributed by atoms with Crippen LogP contribution in [-0.4, -0.2) is 32.3 Å². The number of aromatic amines is 1. The van der Waals surface area contributed by atoms with Gasteiger partial charge in [-0.1, -0.05) is 24.6 Å². The number of hydrogen-bond donors (Lipinski definition) is 1. The first-order valence-electron chi connectivity index (χ1n) is 10.2. The highest BCUT2D eigenvalue weighted by molar-refractivity contribution is 6.31. The van der Waals surface area contributed by atoms with Gasteiger partial charge in [0.05, 0.1) is 30.0 Å². The molecule has 4 aromatic rings. The molecule has 2 aromatic heterocycles. The van der Waals surface area contributed by atoms with Gasteiger partial charge in [0.2, 0.25) is 0 Å². The normalized spacial score (nSPS) is 15.7. The highest BCUT2D eigenvalue weighted by Gasteiger charge is 2.43. The molecule has 7 nitrogen and oxygen atoms in total. The third-order valence-electron chi connectivity index (χ3n) is 5.75. The number of ether oxygens (including phenoxy) is 1. The van der Waals surface area contributed by atoms with E-state index in [1.807, 2.05) is 50.4 Å². The third kappa shape index (κ3) is 3.08. The number of carbonyl (C=O) groups is 1. The molecule has 0 fully saturated rings. The van der Waals surface area contributed by atoms with Crippen molar-refractivity contribution >= 4 is 34.2 Å². The minimum absolute atomic E-state index is 0.148. The highest BCUT2D eigenvalue weighted by Crippen LogP contribution is 2.45. The van der Waals surface area contributed by atoms with E-state index in [1.54, 1.807) is 15.9 Å². The van der Waals surface area contributed by atoms with Crippen molar-refractivity contribution in [3.63, 3.8) is 0 Å². The number of aromatic nitrogens is 4. The maximum atomic E-state index is 13.5. The Morgan fingerprint density at radius 1 is 1.23 bits per heavy atom. The zero-order chi connectivity index (χ0) is 21.7. The van der Waals surface area contributed by atoms with Crippen LogP contribution in [0.2, 0.25) is 5.02 Å². The summed E-state index contributed by atoms with van der Waals surface area (Å²) in [6, 6.07) is 11.0. The van der Waals surface area contributed by atoms with Gasteiger partial charge in [0.1, 0.15) is 5.75 Å². The van der Waals surface area contributed by atoms with Crippen LogP contribution >= 0.6 is 11.6 Å². The zero-order valence-electron chi connectivity index (χ0n) is 17.5. The molecule has 8 heteroatoms. The molecular formula is C23H22ClN5O2. The summed E-state index contributed by atoms with van der Waals surface area (Å²) in [5.74, 6) is 0.568. The molecule has 1 atom stereocenters. The number of nitrogens with zero attached hydrogens (tertiary/aromatic N) is 4. The summed E-state index contributed by atoms with van der Waals surface area (Å²) in [7, 11) is 1.85. The van der Waals surface area contributed by atoms with Crippen LogP contribution in [-0.2, 0) is 7.05 Å². The molecule has 158 valence electrons. The number of carbonyl (C=O) groups excluding carboxylic acids is 1. The number of rotatable bonds is 5. The maximum absolute atomic E-state index is 13.5. The van der Waals surface area contributed by atoms with Crippen molar-refractivity contribution in [3.8, 4) is 5.75 Å². The van der Waals surface area contributed by atoms with E-state index in [0.717, 1.165) is 40.0 Å². The predicted octanol–water partition coefficient (Wildman–Crippen LogP) is 4.80. The number of amides is 1. The Balaban J connectivity index is 1.66. The van der Waals surface area contributed by atoms with Crippen molar-refractivity contribution in [1.82, 2.24) is 19.7 Å². The number of fused-ring (bicyclic) bond motifs is 2. The molecule has 0 saturated heterocycles. The van der Waals surface area contributed by atoms with E-state index in [-0.39, 0.29) is 11.9 Å². The van der Waals surface area contributed by atoms with Crippen molar-refractivity contribution in [1.29, 1.82) is 0 Å². The standard InChI is InChI=1S/C23H22ClN5O2/c1-4-9-31-15-6-7-16(17(24)11-15)22-20-13(2)28(3)27-21(20)23(30)29(22)14-5-8-18-19(10-14)26-12-25-18/h5-8,10-12,22H,4,9H2,1-3H3,(H,25,26). The van der Waals surface area contributed by atoms with Crippen LogP contribution < -0.4 is 9.64 Å². The summed E-state index contributed by atoms with van der Waals surface area (Å²) in [5, 5.41) is 5.05. The number of H-pyrrole nitrogens is 1. The molecule has 3 heterocycles. The molecule has 1 unspecified atom stereocenters. The van der Waals surface area contributed by atoms with E-state index in [4.69, 9.17) is 16.3 Å². The fraction of sp³-hybridized carbons (Fsp3) is 0.261. The van der Waals surface area contributed by atoms with E-state index < -0.39 is 0 Å². The Morgan fingerprint density at radius 3 is 2.84 bits per heavy atom. The quantitative estimate of drug-likeness (QED) is 0.488. The summed E-state index contributed by atoms with van der Waals surface area (Å²) in [6.07, 6.45) is 2.56. The fourth-order valence-corrected chi connectivity index (χ4v) is 4.42. The van der Waals surface area contributed by atoms with E-state index in [2.05, 4.69) is 22.0 Å². The molecular weight excluding hydrogens is 414 g/mol. The molecule has 0 bridgehead atoms. The number of imidazole rings is 1. The lowest BCUT2D eigenvalue weighted by Gasteiger charge is -2.27. The van der Waals surface area contributed by atoms with Gasteiger partial charge in [-0.15, -0.1) is 0 Å². The van der Waals surface area contributed by atoms with Crippen LogP contribution in [0.3, 0.4) is 0 Å². The Hall–Kier alpha value is -3.32. The van der Waals surface area contributed by atoms with E-state index in [0.29, 0.717) is 23.1 Å². The molecule has 0 saturated carbocycles. The van der Waals surface area contributed by atoms with E-state index >= 15 is 0 Å². The minimum atomic E-state index is -0.385. The summed E-state index contributed by atoms with van der Waals surface area (Å²) in [6.45, 7) is 4.65. The molecule has 1 aliphatic rings. The van der Waals surface area contributed by atoms with Gasteiger partial charge in [0.25, 0.3) is 5.91 Å². The number of benzene rings is 2. The van der Waals surface area contributed by atoms with Gasteiger partial charge in [-0.05, 0) is 49.2 Å². The number of anilines is 1. The number of hydrogen-bond acceptors (Lipinski definition) is 4. The van der Waals surface area contributed by atoms with Crippen LogP contribution in [0.15, 0.2) is 42.7 Å². The minimum Gasteiger partial charge on any atom is -0.494 e. The summed E-state index contributed by atoms with van der Waals surface area (Å²) in [4.78, 5) is 22.7. The largest absolute Gasteiger partial charge is 0.494 e. The Morgan fingerprint density at radius 2 is 2.06 bits per heavy atom. The Bertz CT molecular complexity index is 1310. The van der Waals surface area contributed by atoms with Gasteiger partial charge in [-0.25, -0.2) is 4.98 Å². The lowest BCUT2D eigenvalue weighted by Crippen LogP contribution is -2.30. The second-order valence-electron chi connectivity index (χ2n) is 7.68. The highest BCUT2D eigenvalue weighted by atomic mass is 35.5. The monoisotopic (exact) mass is 435 g/mol. The summed E-state index contributed by atoms with van der Waals surface area (Å²) in [5.41, 5.74) is 5.56. The molecule has 31 heavy (non-hydrogen) atoms.